The molecule has 4 aromatic carbocycles. The van der Waals surface area contributed by atoms with Crippen molar-refractivity contribution in [2.75, 3.05) is 19.8 Å². The Balaban J connectivity index is 1.05. The summed E-state index contributed by atoms with van der Waals surface area (Å²) >= 11 is 12.1. The molecule has 0 spiro atoms. The number of unbranched alkanes of at least 4 members (excludes halogenated alkanes) is 10. The summed E-state index contributed by atoms with van der Waals surface area (Å²) in [5.74, 6) is 2.03. The summed E-state index contributed by atoms with van der Waals surface area (Å²) in [5, 5.41) is 1.22. The number of hydrogen-bond donors (Lipinski definition) is 0. The normalized spacial score (nSPS) is 11.6. The zero-order valence-electron chi connectivity index (χ0n) is 29.7. The van der Waals surface area contributed by atoms with Crippen LogP contribution in [0.5, 0.6) is 23.0 Å². The predicted molar refractivity (Wildman–Crippen MR) is 207 cm³/mol. The number of halogens is 3. The van der Waals surface area contributed by atoms with E-state index in [1.807, 2.05) is 36.4 Å². The molecule has 1 atom stereocenters. The molecule has 0 fully saturated rings. The molecule has 0 N–H and O–H groups in total. The Labute approximate surface area is 313 Å². The number of alkyl halides is 1. The van der Waals surface area contributed by atoms with Crippen LogP contribution in [-0.2, 0) is 0 Å². The molecule has 5 nitrogen and oxygen atoms in total. The van der Waals surface area contributed by atoms with Gasteiger partial charge in [-0.2, -0.15) is 0 Å². The van der Waals surface area contributed by atoms with Crippen LogP contribution in [0.3, 0.4) is 0 Å². The van der Waals surface area contributed by atoms with Gasteiger partial charge in [0.05, 0.1) is 23.8 Å². The maximum Gasteiger partial charge on any atom is 0.343 e. The molecular formula is C43H51Cl2FO5. The van der Waals surface area contributed by atoms with Gasteiger partial charge in [0.15, 0.2) is 0 Å². The molecule has 0 aromatic heterocycles. The number of benzene rings is 4. The van der Waals surface area contributed by atoms with Crippen LogP contribution in [0.1, 0.15) is 101 Å². The van der Waals surface area contributed by atoms with Crippen molar-refractivity contribution in [1.29, 1.82) is 0 Å². The Morgan fingerprint density at radius 3 is 1.76 bits per heavy atom. The SMILES string of the molecule is CCCCCCC(F)COc1ccc(C(=O)Oc2ccc(-c3ccc(OCCCCCCCCCCOc4cc(Cl)ccc4Cl)cc3)cc2)cc1. The zero-order chi connectivity index (χ0) is 36.1. The largest absolute Gasteiger partial charge is 0.494 e. The average Bonchev–Trinajstić information content (AvgIpc) is 3.15. The van der Waals surface area contributed by atoms with E-state index in [9.17, 15) is 9.18 Å². The van der Waals surface area contributed by atoms with Crippen LogP contribution in [0.15, 0.2) is 91.0 Å². The third-order valence-electron chi connectivity index (χ3n) is 8.60. The molecule has 0 saturated heterocycles. The highest BCUT2D eigenvalue weighted by atomic mass is 35.5. The molecule has 0 aliphatic heterocycles. The van der Waals surface area contributed by atoms with Gasteiger partial charge in [0.2, 0.25) is 0 Å². The van der Waals surface area contributed by atoms with Gasteiger partial charge < -0.3 is 18.9 Å². The van der Waals surface area contributed by atoms with E-state index in [1.54, 1.807) is 54.6 Å². The van der Waals surface area contributed by atoms with Crippen molar-refractivity contribution < 1.29 is 28.1 Å². The van der Waals surface area contributed by atoms with Gasteiger partial charge in [0.1, 0.15) is 35.8 Å². The lowest BCUT2D eigenvalue weighted by molar-refractivity contribution is 0.0734. The molecule has 0 saturated carbocycles. The van der Waals surface area contributed by atoms with Crippen molar-refractivity contribution in [2.24, 2.45) is 0 Å². The highest BCUT2D eigenvalue weighted by molar-refractivity contribution is 6.34. The Hall–Kier alpha value is -3.74. The second-order valence-corrected chi connectivity index (χ2v) is 13.7. The first-order valence-electron chi connectivity index (χ1n) is 18.4. The van der Waals surface area contributed by atoms with Crippen LogP contribution in [0, 0.1) is 0 Å². The summed E-state index contributed by atoms with van der Waals surface area (Å²) < 4.78 is 36.9. The first-order valence-corrected chi connectivity index (χ1v) is 19.2. The molecular weight excluding hydrogens is 686 g/mol. The standard InChI is InChI=1S/C43H51Cl2FO5/c1-2-3-4-11-14-37(46)32-50-39-24-19-35(20-25-39)43(47)51-40-26-17-34(18-27-40)33-15-22-38(23-16-33)48-29-12-9-7-5-6-8-10-13-30-49-42-31-36(44)21-28-41(42)45/h15-28,31,37H,2-14,29-30,32H2,1H3. The third-order valence-corrected chi connectivity index (χ3v) is 9.15. The van der Waals surface area contributed by atoms with Gasteiger partial charge in [-0.25, -0.2) is 9.18 Å². The van der Waals surface area contributed by atoms with Gasteiger partial charge in [-0.3, -0.25) is 0 Å². The second kappa shape index (κ2) is 22.9. The van der Waals surface area contributed by atoms with Gasteiger partial charge in [-0.05, 0) is 91.1 Å². The maximum absolute atomic E-state index is 14.1. The third kappa shape index (κ3) is 15.2. The van der Waals surface area contributed by atoms with Crippen molar-refractivity contribution in [3.05, 3.63) is 107 Å². The lowest BCUT2D eigenvalue weighted by Crippen LogP contribution is -2.13. The van der Waals surface area contributed by atoms with Crippen LogP contribution in [0.4, 0.5) is 4.39 Å². The zero-order valence-corrected chi connectivity index (χ0v) is 31.2. The van der Waals surface area contributed by atoms with Gasteiger partial charge in [0.25, 0.3) is 0 Å². The van der Waals surface area contributed by atoms with E-state index in [4.69, 9.17) is 42.1 Å². The number of carbonyl (C=O) groups is 1. The monoisotopic (exact) mass is 736 g/mol. The van der Waals surface area contributed by atoms with E-state index in [1.165, 1.54) is 25.7 Å². The van der Waals surface area contributed by atoms with Crippen LogP contribution >= 0.6 is 23.2 Å². The molecule has 8 heteroatoms. The van der Waals surface area contributed by atoms with Crippen LogP contribution < -0.4 is 18.9 Å². The lowest BCUT2D eigenvalue weighted by Gasteiger charge is -2.11. The number of hydrogen-bond acceptors (Lipinski definition) is 5. The van der Waals surface area contributed by atoms with E-state index in [0.717, 1.165) is 68.2 Å². The molecule has 0 radical (unpaired) electrons. The van der Waals surface area contributed by atoms with E-state index < -0.39 is 12.1 Å². The van der Waals surface area contributed by atoms with E-state index in [2.05, 4.69) is 6.92 Å². The molecule has 0 aliphatic carbocycles. The molecule has 0 amide bonds. The van der Waals surface area contributed by atoms with Crippen molar-refractivity contribution in [3.63, 3.8) is 0 Å². The van der Waals surface area contributed by atoms with Crippen molar-refractivity contribution >= 4 is 29.2 Å². The summed E-state index contributed by atoms with van der Waals surface area (Å²) in [6.07, 6.45) is 12.9. The second-order valence-electron chi connectivity index (χ2n) is 12.8. The fourth-order valence-corrected chi connectivity index (χ4v) is 5.93. The number of ether oxygens (including phenoxy) is 4. The van der Waals surface area contributed by atoms with Gasteiger partial charge in [-0.15, -0.1) is 0 Å². The smallest absolute Gasteiger partial charge is 0.343 e. The number of rotatable bonds is 24. The summed E-state index contributed by atoms with van der Waals surface area (Å²) in [4.78, 5) is 12.7. The predicted octanol–water partition coefficient (Wildman–Crippen LogP) is 13.1. The minimum Gasteiger partial charge on any atom is -0.494 e. The highest BCUT2D eigenvalue weighted by Crippen LogP contribution is 2.28. The average molecular weight is 738 g/mol. The molecule has 1 unspecified atom stereocenters. The van der Waals surface area contributed by atoms with Crippen LogP contribution in [0.25, 0.3) is 11.1 Å². The molecule has 274 valence electrons. The van der Waals surface area contributed by atoms with E-state index >= 15 is 0 Å². The minimum atomic E-state index is -0.991. The Morgan fingerprint density at radius 1 is 0.608 bits per heavy atom. The molecule has 0 heterocycles. The lowest BCUT2D eigenvalue weighted by atomic mass is 10.1. The molecule has 0 bridgehead atoms. The Morgan fingerprint density at radius 2 is 1.14 bits per heavy atom. The van der Waals surface area contributed by atoms with Gasteiger partial charge in [-0.1, -0.05) is 119 Å². The summed E-state index contributed by atoms with van der Waals surface area (Å²) in [6, 6.07) is 27.3. The molecule has 4 aromatic rings. The van der Waals surface area contributed by atoms with Crippen LogP contribution in [0.2, 0.25) is 10.0 Å². The molecule has 4 rings (SSSR count). The van der Waals surface area contributed by atoms with Gasteiger partial charge in [0, 0.05) is 11.1 Å². The topological polar surface area (TPSA) is 54.0 Å². The highest BCUT2D eigenvalue weighted by Gasteiger charge is 2.11. The fraction of sp³-hybridized carbons (Fsp3) is 0.419. The first-order chi connectivity index (χ1) is 24.9. The number of carbonyl (C=O) groups excluding carboxylic acids is 1. The molecule has 51 heavy (non-hydrogen) atoms. The summed E-state index contributed by atoms with van der Waals surface area (Å²) in [5.41, 5.74) is 2.46. The quantitative estimate of drug-likeness (QED) is 0.0407. The van der Waals surface area contributed by atoms with Crippen LogP contribution in [-0.4, -0.2) is 32.0 Å². The summed E-state index contributed by atoms with van der Waals surface area (Å²) in [7, 11) is 0. The van der Waals surface area contributed by atoms with E-state index in [0.29, 0.717) is 52.5 Å². The van der Waals surface area contributed by atoms with Gasteiger partial charge >= 0.3 is 5.97 Å². The van der Waals surface area contributed by atoms with E-state index in [-0.39, 0.29) is 6.61 Å². The first kappa shape index (κ1) is 40.0. The Kier molecular flexibility index (Phi) is 18.0. The van der Waals surface area contributed by atoms with Crippen molar-refractivity contribution in [2.45, 2.75) is 96.6 Å². The van der Waals surface area contributed by atoms with Crippen molar-refractivity contribution in [1.82, 2.24) is 0 Å². The maximum atomic E-state index is 14.1. The Bertz CT molecular complexity index is 1560. The fourth-order valence-electron chi connectivity index (χ4n) is 5.60. The molecule has 0 aliphatic rings. The number of esters is 1. The minimum absolute atomic E-state index is 0.0159. The summed E-state index contributed by atoms with van der Waals surface area (Å²) in [6.45, 7) is 3.51. The van der Waals surface area contributed by atoms with Crippen molar-refractivity contribution in [3.8, 4) is 34.1 Å².